The second-order valence-corrected chi connectivity index (χ2v) is 6.50. The molecule has 0 spiro atoms. The van der Waals surface area contributed by atoms with Gasteiger partial charge in [0.25, 0.3) is 5.91 Å². The van der Waals surface area contributed by atoms with E-state index in [1.54, 1.807) is 9.47 Å². The van der Waals surface area contributed by atoms with Crippen molar-refractivity contribution in [2.75, 3.05) is 6.54 Å². The first-order valence-electron chi connectivity index (χ1n) is 7.12. The summed E-state index contributed by atoms with van der Waals surface area (Å²) in [5.41, 5.74) is -0.0640. The van der Waals surface area contributed by atoms with Crippen molar-refractivity contribution in [3.8, 4) is 0 Å². The molecule has 0 atom stereocenters. The number of rotatable bonds is 3. The van der Waals surface area contributed by atoms with E-state index in [4.69, 9.17) is 0 Å². The lowest BCUT2D eigenvalue weighted by Gasteiger charge is -2.26. The molecular weight excluding hydrogens is 288 g/mol. The van der Waals surface area contributed by atoms with E-state index in [0.29, 0.717) is 32.0 Å². The Kier molecular flexibility index (Phi) is 3.67. The molecule has 0 saturated heterocycles. The van der Waals surface area contributed by atoms with Crippen molar-refractivity contribution in [3.05, 3.63) is 38.2 Å². The fraction of sp³-hybridized carbons (Fsp3) is 0.500. The van der Waals surface area contributed by atoms with Crippen LogP contribution in [-0.2, 0) is 19.6 Å². The van der Waals surface area contributed by atoms with E-state index in [9.17, 15) is 9.59 Å². The zero-order chi connectivity index (χ0) is 15.0. The van der Waals surface area contributed by atoms with Crippen LogP contribution in [0.25, 0.3) is 0 Å². The molecule has 2 aromatic heterocycles. The van der Waals surface area contributed by atoms with Crippen molar-refractivity contribution in [2.24, 2.45) is 0 Å². The number of hydrogen-bond donors (Lipinski definition) is 0. The van der Waals surface area contributed by atoms with Crippen molar-refractivity contribution >= 4 is 17.2 Å². The van der Waals surface area contributed by atoms with Gasteiger partial charge in [0.15, 0.2) is 5.82 Å². The lowest BCUT2D eigenvalue weighted by molar-refractivity contribution is 0.0711. The van der Waals surface area contributed by atoms with Gasteiger partial charge in [-0.25, -0.2) is 9.48 Å². The van der Waals surface area contributed by atoms with Gasteiger partial charge in [0, 0.05) is 24.5 Å². The van der Waals surface area contributed by atoms with Crippen LogP contribution >= 0.6 is 11.3 Å². The molecule has 3 heterocycles. The van der Waals surface area contributed by atoms with Crippen molar-refractivity contribution < 1.29 is 4.79 Å². The van der Waals surface area contributed by atoms with Crippen LogP contribution in [-0.4, -0.2) is 31.7 Å². The normalized spacial score (nSPS) is 14.3. The number of nitrogens with zero attached hydrogens (tertiary/aromatic N) is 4. The summed E-state index contributed by atoms with van der Waals surface area (Å²) in [7, 11) is 0. The van der Waals surface area contributed by atoms with Crippen LogP contribution in [0.1, 0.15) is 33.7 Å². The van der Waals surface area contributed by atoms with Crippen molar-refractivity contribution in [3.63, 3.8) is 0 Å². The second-order valence-electron chi connectivity index (χ2n) is 5.21. The zero-order valence-corrected chi connectivity index (χ0v) is 13.0. The van der Waals surface area contributed by atoms with Gasteiger partial charge in [-0.3, -0.25) is 9.36 Å². The van der Waals surface area contributed by atoms with Crippen LogP contribution in [0.4, 0.5) is 0 Å². The Bertz CT molecular complexity index is 728. The summed E-state index contributed by atoms with van der Waals surface area (Å²) < 4.78 is 3.18. The van der Waals surface area contributed by atoms with Gasteiger partial charge in [-0.05, 0) is 25.5 Å². The number of carbonyl (C=O) groups is 1. The van der Waals surface area contributed by atoms with Gasteiger partial charge in [0.2, 0.25) is 0 Å². The first-order chi connectivity index (χ1) is 10.1. The van der Waals surface area contributed by atoms with E-state index < -0.39 is 0 Å². The molecule has 0 aromatic carbocycles. The van der Waals surface area contributed by atoms with Gasteiger partial charge >= 0.3 is 5.69 Å². The summed E-state index contributed by atoms with van der Waals surface area (Å²) in [6.45, 7) is 6.11. The molecule has 7 heteroatoms. The molecular formula is C14H18N4O2S. The topological polar surface area (TPSA) is 60.1 Å². The van der Waals surface area contributed by atoms with E-state index in [0.717, 1.165) is 16.2 Å². The third kappa shape index (κ3) is 2.53. The van der Waals surface area contributed by atoms with Crippen LogP contribution in [0, 0.1) is 6.92 Å². The Labute approximate surface area is 126 Å². The lowest BCUT2D eigenvalue weighted by atomic mass is 10.3. The number of carbonyl (C=O) groups excluding carboxylic acids is 1. The minimum atomic E-state index is -0.0640. The third-order valence-corrected chi connectivity index (χ3v) is 4.59. The molecule has 1 aliphatic rings. The monoisotopic (exact) mass is 306 g/mol. The van der Waals surface area contributed by atoms with Gasteiger partial charge in [-0.1, -0.05) is 6.92 Å². The highest BCUT2D eigenvalue weighted by atomic mass is 32.1. The van der Waals surface area contributed by atoms with Crippen LogP contribution < -0.4 is 5.69 Å². The maximum absolute atomic E-state index is 12.5. The van der Waals surface area contributed by atoms with Gasteiger partial charge in [0.1, 0.15) is 0 Å². The first-order valence-corrected chi connectivity index (χ1v) is 7.94. The van der Waals surface area contributed by atoms with Gasteiger partial charge < -0.3 is 4.90 Å². The largest absolute Gasteiger partial charge is 0.346 e. The van der Waals surface area contributed by atoms with E-state index in [1.165, 1.54) is 16.0 Å². The molecule has 1 amide bonds. The van der Waals surface area contributed by atoms with E-state index in [2.05, 4.69) is 5.10 Å². The molecule has 112 valence electrons. The lowest BCUT2D eigenvalue weighted by Crippen LogP contribution is -2.40. The Balaban J connectivity index is 1.83. The number of aromatic nitrogens is 3. The van der Waals surface area contributed by atoms with Crippen molar-refractivity contribution in [1.29, 1.82) is 0 Å². The van der Waals surface area contributed by atoms with Crippen molar-refractivity contribution in [2.45, 2.75) is 39.9 Å². The first kappa shape index (κ1) is 14.1. The number of hydrogen-bond acceptors (Lipinski definition) is 4. The molecule has 3 rings (SSSR count). The molecule has 0 unspecified atom stereocenters. The van der Waals surface area contributed by atoms with Gasteiger partial charge in [0.05, 0.1) is 11.4 Å². The highest BCUT2D eigenvalue weighted by Crippen LogP contribution is 2.19. The Morgan fingerprint density at radius 2 is 2.19 bits per heavy atom. The third-order valence-electron chi connectivity index (χ3n) is 3.60. The van der Waals surface area contributed by atoms with Gasteiger partial charge in [-0.15, -0.1) is 11.3 Å². The summed E-state index contributed by atoms with van der Waals surface area (Å²) >= 11 is 1.50. The SMILES string of the molecule is CCCn1nc2n(c1=O)CCN(C(=O)c1ccc(C)s1)C2. The summed E-state index contributed by atoms with van der Waals surface area (Å²) in [5, 5.41) is 4.35. The number of amides is 1. The minimum absolute atomic E-state index is 0.0249. The Morgan fingerprint density at radius 1 is 1.38 bits per heavy atom. The number of thiophene rings is 1. The zero-order valence-electron chi connectivity index (χ0n) is 12.2. The summed E-state index contributed by atoms with van der Waals surface area (Å²) in [6, 6.07) is 3.81. The molecule has 1 aliphatic heterocycles. The number of fused-ring (bicyclic) bond motifs is 1. The molecule has 0 saturated carbocycles. The van der Waals surface area contributed by atoms with Crippen molar-refractivity contribution in [1.82, 2.24) is 19.2 Å². The predicted octanol–water partition coefficient (Wildman–Crippen LogP) is 1.48. The molecule has 0 aliphatic carbocycles. The van der Waals surface area contributed by atoms with Crippen LogP contribution in [0.5, 0.6) is 0 Å². The fourth-order valence-electron chi connectivity index (χ4n) is 2.53. The predicted molar refractivity (Wildman–Crippen MR) is 80.6 cm³/mol. The minimum Gasteiger partial charge on any atom is -0.329 e. The molecule has 0 radical (unpaired) electrons. The standard InChI is InChI=1S/C14H18N4O2S/c1-3-6-18-14(20)17-8-7-16(9-12(17)15-18)13(19)11-5-4-10(2)21-11/h4-5H,3,6-9H2,1-2H3. The van der Waals surface area contributed by atoms with Crippen LogP contribution in [0.2, 0.25) is 0 Å². The fourth-order valence-corrected chi connectivity index (χ4v) is 3.37. The molecule has 0 fully saturated rings. The maximum Gasteiger partial charge on any atom is 0.346 e. The molecule has 6 nitrogen and oxygen atoms in total. The van der Waals surface area contributed by atoms with Crippen LogP contribution in [0.3, 0.4) is 0 Å². The number of aryl methyl sites for hydroxylation is 2. The summed E-state index contributed by atoms with van der Waals surface area (Å²) in [5.74, 6) is 0.707. The smallest absolute Gasteiger partial charge is 0.329 e. The Hall–Kier alpha value is -1.89. The van der Waals surface area contributed by atoms with Gasteiger partial charge in [-0.2, -0.15) is 5.10 Å². The van der Waals surface area contributed by atoms with E-state index >= 15 is 0 Å². The summed E-state index contributed by atoms with van der Waals surface area (Å²) in [4.78, 5) is 28.2. The van der Waals surface area contributed by atoms with E-state index in [1.807, 2.05) is 26.0 Å². The molecule has 2 aromatic rings. The maximum atomic E-state index is 12.5. The molecule has 21 heavy (non-hydrogen) atoms. The van der Waals surface area contributed by atoms with Crippen LogP contribution in [0.15, 0.2) is 16.9 Å². The highest BCUT2D eigenvalue weighted by Gasteiger charge is 2.26. The quantitative estimate of drug-likeness (QED) is 0.863. The highest BCUT2D eigenvalue weighted by molar-refractivity contribution is 7.13. The second kappa shape index (κ2) is 5.48. The average Bonchev–Trinajstić information content (AvgIpc) is 3.03. The average molecular weight is 306 g/mol. The Morgan fingerprint density at radius 3 is 2.86 bits per heavy atom. The molecule has 0 N–H and O–H groups in total. The molecule has 0 bridgehead atoms. The van der Waals surface area contributed by atoms with E-state index in [-0.39, 0.29) is 11.6 Å². The summed E-state index contributed by atoms with van der Waals surface area (Å²) in [6.07, 6.45) is 0.869.